The van der Waals surface area contributed by atoms with Crippen LogP contribution in [0.3, 0.4) is 0 Å². The highest BCUT2D eigenvalue weighted by Gasteiger charge is 2.11. The van der Waals surface area contributed by atoms with Crippen LogP contribution < -0.4 is 5.32 Å². The molecule has 0 bridgehead atoms. The van der Waals surface area contributed by atoms with Crippen LogP contribution in [0.25, 0.3) is 0 Å². The van der Waals surface area contributed by atoms with E-state index in [0.717, 1.165) is 5.56 Å². The number of carbonyl (C=O) groups excluding carboxylic acids is 2. The van der Waals surface area contributed by atoms with E-state index < -0.39 is 0 Å². The molecule has 0 aliphatic rings. The standard InChI is InChI=1S/C13H17NO2/c1-9(2)12(15)8-14-13(16)11-7-5-4-6-10(11)3/h4-7,9H,8H2,1-3H3,(H,14,16). The van der Waals surface area contributed by atoms with Gasteiger partial charge in [0.1, 0.15) is 0 Å². The topological polar surface area (TPSA) is 46.2 Å². The normalized spacial score (nSPS) is 10.2. The molecule has 0 saturated heterocycles. The molecule has 1 aromatic rings. The fraction of sp³-hybridized carbons (Fsp3) is 0.385. The van der Waals surface area contributed by atoms with Gasteiger partial charge in [0.2, 0.25) is 0 Å². The number of amides is 1. The Morgan fingerprint density at radius 2 is 1.88 bits per heavy atom. The van der Waals surface area contributed by atoms with Crippen LogP contribution in [0.1, 0.15) is 29.8 Å². The van der Waals surface area contributed by atoms with Gasteiger partial charge in [-0.25, -0.2) is 0 Å². The molecule has 0 aliphatic heterocycles. The third-order valence-corrected chi connectivity index (χ3v) is 2.46. The smallest absolute Gasteiger partial charge is 0.251 e. The van der Waals surface area contributed by atoms with Crippen molar-refractivity contribution in [2.45, 2.75) is 20.8 Å². The van der Waals surface area contributed by atoms with Gasteiger partial charge in [-0.05, 0) is 18.6 Å². The molecule has 0 saturated carbocycles. The van der Waals surface area contributed by atoms with Gasteiger partial charge in [-0.2, -0.15) is 0 Å². The van der Waals surface area contributed by atoms with E-state index in [1.165, 1.54) is 0 Å². The molecular formula is C13H17NO2. The number of rotatable bonds is 4. The van der Waals surface area contributed by atoms with Crippen molar-refractivity contribution in [3.63, 3.8) is 0 Å². The molecule has 3 heteroatoms. The predicted molar refractivity (Wildman–Crippen MR) is 63.4 cm³/mol. The number of hydrogen-bond donors (Lipinski definition) is 1. The van der Waals surface area contributed by atoms with Gasteiger partial charge < -0.3 is 5.32 Å². The van der Waals surface area contributed by atoms with Gasteiger partial charge in [-0.15, -0.1) is 0 Å². The molecule has 1 amide bonds. The molecule has 0 fully saturated rings. The summed E-state index contributed by atoms with van der Waals surface area (Å²) in [6.07, 6.45) is 0. The minimum absolute atomic E-state index is 0.0435. The number of Topliss-reactive ketones (excluding diaryl/α,β-unsaturated/α-hetero) is 1. The molecule has 0 aromatic heterocycles. The maximum atomic E-state index is 11.7. The van der Waals surface area contributed by atoms with Crippen molar-refractivity contribution in [3.8, 4) is 0 Å². The Bertz CT molecular complexity index is 397. The van der Waals surface area contributed by atoms with Gasteiger partial charge in [0.15, 0.2) is 5.78 Å². The van der Waals surface area contributed by atoms with E-state index in [2.05, 4.69) is 5.32 Å². The molecule has 3 nitrogen and oxygen atoms in total. The minimum atomic E-state index is -0.188. The fourth-order valence-electron chi connectivity index (χ4n) is 1.29. The number of hydrogen-bond acceptors (Lipinski definition) is 2. The number of nitrogens with one attached hydrogen (secondary N) is 1. The molecular weight excluding hydrogens is 202 g/mol. The summed E-state index contributed by atoms with van der Waals surface area (Å²) in [5.74, 6) is -0.189. The summed E-state index contributed by atoms with van der Waals surface area (Å²) in [7, 11) is 0. The SMILES string of the molecule is Cc1ccccc1C(=O)NCC(=O)C(C)C. The highest BCUT2D eigenvalue weighted by atomic mass is 16.2. The van der Waals surface area contributed by atoms with E-state index in [4.69, 9.17) is 0 Å². The number of ketones is 1. The monoisotopic (exact) mass is 219 g/mol. The Kier molecular flexibility index (Phi) is 4.23. The highest BCUT2D eigenvalue weighted by Crippen LogP contribution is 2.06. The molecule has 1 N–H and O–H groups in total. The number of carbonyl (C=O) groups is 2. The zero-order valence-corrected chi connectivity index (χ0v) is 9.91. The summed E-state index contributed by atoms with van der Waals surface area (Å²) >= 11 is 0. The Labute approximate surface area is 95.9 Å². The number of benzene rings is 1. The first kappa shape index (κ1) is 12.4. The van der Waals surface area contributed by atoms with Crippen LogP contribution in [0.5, 0.6) is 0 Å². The molecule has 0 unspecified atom stereocenters. The van der Waals surface area contributed by atoms with Crippen molar-refractivity contribution in [1.82, 2.24) is 5.32 Å². The summed E-state index contributed by atoms with van der Waals surface area (Å²) in [4.78, 5) is 23.1. The van der Waals surface area contributed by atoms with Crippen molar-refractivity contribution < 1.29 is 9.59 Å². The molecule has 0 heterocycles. The van der Waals surface area contributed by atoms with Gasteiger partial charge in [-0.3, -0.25) is 9.59 Å². The van der Waals surface area contributed by atoms with Crippen molar-refractivity contribution in [2.24, 2.45) is 5.92 Å². The maximum Gasteiger partial charge on any atom is 0.251 e. The van der Waals surface area contributed by atoms with Crippen molar-refractivity contribution in [1.29, 1.82) is 0 Å². The molecule has 86 valence electrons. The van der Waals surface area contributed by atoms with E-state index >= 15 is 0 Å². The third kappa shape index (κ3) is 3.19. The first-order chi connectivity index (χ1) is 7.52. The fourth-order valence-corrected chi connectivity index (χ4v) is 1.29. The molecule has 0 spiro atoms. The summed E-state index contributed by atoms with van der Waals surface area (Å²) in [5, 5.41) is 2.63. The van der Waals surface area contributed by atoms with Crippen LogP contribution in [0.4, 0.5) is 0 Å². The average molecular weight is 219 g/mol. The van der Waals surface area contributed by atoms with Crippen molar-refractivity contribution in [3.05, 3.63) is 35.4 Å². The van der Waals surface area contributed by atoms with E-state index in [1.807, 2.05) is 39.0 Å². The van der Waals surface area contributed by atoms with Crippen LogP contribution in [0.15, 0.2) is 24.3 Å². The first-order valence-corrected chi connectivity index (χ1v) is 5.39. The second kappa shape index (κ2) is 5.45. The molecule has 0 aliphatic carbocycles. The second-order valence-electron chi connectivity index (χ2n) is 4.12. The van der Waals surface area contributed by atoms with E-state index in [1.54, 1.807) is 6.07 Å². The molecule has 16 heavy (non-hydrogen) atoms. The summed E-state index contributed by atoms with van der Waals surface area (Å²) in [6, 6.07) is 7.32. The van der Waals surface area contributed by atoms with Gasteiger partial charge >= 0.3 is 0 Å². The van der Waals surface area contributed by atoms with Gasteiger partial charge in [0, 0.05) is 11.5 Å². The summed E-state index contributed by atoms with van der Waals surface area (Å²) in [5.41, 5.74) is 1.54. The second-order valence-corrected chi connectivity index (χ2v) is 4.12. The van der Waals surface area contributed by atoms with Gasteiger partial charge in [-0.1, -0.05) is 32.0 Å². The molecule has 1 aromatic carbocycles. The lowest BCUT2D eigenvalue weighted by molar-refractivity contribution is -0.120. The Balaban J connectivity index is 2.60. The van der Waals surface area contributed by atoms with Crippen LogP contribution in [0, 0.1) is 12.8 Å². The molecule has 0 atom stereocenters. The predicted octanol–water partition coefficient (Wildman–Crippen LogP) is 1.95. The third-order valence-electron chi connectivity index (χ3n) is 2.46. The van der Waals surface area contributed by atoms with Gasteiger partial charge in [0.25, 0.3) is 5.91 Å². The maximum absolute atomic E-state index is 11.7. The Morgan fingerprint density at radius 1 is 1.25 bits per heavy atom. The molecule has 0 radical (unpaired) electrons. The first-order valence-electron chi connectivity index (χ1n) is 5.39. The summed E-state index contributed by atoms with van der Waals surface area (Å²) in [6.45, 7) is 5.62. The average Bonchev–Trinajstić information content (AvgIpc) is 2.25. The highest BCUT2D eigenvalue weighted by molar-refractivity contribution is 5.98. The van der Waals surface area contributed by atoms with Crippen LogP contribution in [0.2, 0.25) is 0 Å². The largest absolute Gasteiger partial charge is 0.345 e. The Hall–Kier alpha value is -1.64. The van der Waals surface area contributed by atoms with Crippen LogP contribution >= 0.6 is 0 Å². The van der Waals surface area contributed by atoms with E-state index in [9.17, 15) is 9.59 Å². The van der Waals surface area contributed by atoms with Gasteiger partial charge in [0.05, 0.1) is 6.54 Å². The summed E-state index contributed by atoms with van der Waals surface area (Å²) < 4.78 is 0. The van der Waals surface area contributed by atoms with Crippen LogP contribution in [-0.4, -0.2) is 18.2 Å². The lowest BCUT2D eigenvalue weighted by Gasteiger charge is -2.08. The van der Waals surface area contributed by atoms with E-state index in [-0.39, 0.29) is 24.2 Å². The van der Waals surface area contributed by atoms with Crippen LogP contribution in [-0.2, 0) is 4.79 Å². The quantitative estimate of drug-likeness (QED) is 0.841. The van der Waals surface area contributed by atoms with E-state index in [0.29, 0.717) is 5.56 Å². The zero-order chi connectivity index (χ0) is 12.1. The number of aryl methyl sites for hydroxylation is 1. The lowest BCUT2D eigenvalue weighted by Crippen LogP contribution is -2.31. The zero-order valence-electron chi connectivity index (χ0n) is 9.91. The minimum Gasteiger partial charge on any atom is -0.345 e. The van der Waals surface area contributed by atoms with Crippen molar-refractivity contribution in [2.75, 3.05) is 6.54 Å². The Morgan fingerprint density at radius 3 is 2.44 bits per heavy atom. The lowest BCUT2D eigenvalue weighted by atomic mass is 10.1. The van der Waals surface area contributed by atoms with Crippen molar-refractivity contribution >= 4 is 11.7 Å². The molecule has 1 rings (SSSR count).